The Kier molecular flexibility index (Phi) is 5.02. The van der Waals surface area contributed by atoms with Crippen molar-refractivity contribution >= 4 is 16.9 Å². The second-order valence-electron chi connectivity index (χ2n) is 7.86. The lowest BCUT2D eigenvalue weighted by molar-refractivity contribution is 0.388. The predicted octanol–water partition coefficient (Wildman–Crippen LogP) is -0.0954. The van der Waals surface area contributed by atoms with Gasteiger partial charge in [-0.3, -0.25) is 23.3 Å². The summed E-state index contributed by atoms with van der Waals surface area (Å²) in [5.74, 6) is -0.0893. The van der Waals surface area contributed by atoms with E-state index < -0.39 is 16.8 Å². The molecule has 0 spiro atoms. The van der Waals surface area contributed by atoms with Crippen LogP contribution >= 0.6 is 0 Å². The Morgan fingerprint density at radius 1 is 1.00 bits per heavy atom. The number of aromatic nitrogens is 5. The highest BCUT2D eigenvalue weighted by atomic mass is 16.3. The number of likely N-dealkylation sites (N-methyl/N-ethyl adjacent to an activating group) is 1. The molecule has 0 aliphatic carbocycles. The van der Waals surface area contributed by atoms with E-state index in [4.69, 9.17) is 0 Å². The lowest BCUT2D eigenvalue weighted by Gasteiger charge is -2.16. The van der Waals surface area contributed by atoms with Crippen molar-refractivity contribution in [2.75, 3.05) is 20.6 Å². The minimum Gasteiger partial charge on any atom is -0.494 e. The van der Waals surface area contributed by atoms with E-state index in [-0.39, 0.29) is 41.4 Å². The highest BCUT2D eigenvalue weighted by Crippen LogP contribution is 2.21. The van der Waals surface area contributed by atoms with Gasteiger partial charge in [-0.1, -0.05) is 30.3 Å². The van der Waals surface area contributed by atoms with Gasteiger partial charge in [0.25, 0.3) is 11.1 Å². The first-order valence-corrected chi connectivity index (χ1v) is 9.83. The zero-order valence-corrected chi connectivity index (χ0v) is 17.9. The Labute approximate surface area is 176 Å². The maximum Gasteiger partial charge on any atom is 0.332 e. The van der Waals surface area contributed by atoms with Gasteiger partial charge >= 0.3 is 5.69 Å². The van der Waals surface area contributed by atoms with Gasteiger partial charge < -0.3 is 10.0 Å². The Hall–Kier alpha value is -3.66. The fourth-order valence-corrected chi connectivity index (χ4v) is 3.71. The monoisotopic (exact) mass is 424 g/mol. The summed E-state index contributed by atoms with van der Waals surface area (Å²) in [6.07, 6.45) is 0.286. The quantitative estimate of drug-likeness (QED) is 0.480. The summed E-state index contributed by atoms with van der Waals surface area (Å²) in [6.45, 7) is 0.770. The molecule has 0 saturated heterocycles. The lowest BCUT2D eigenvalue weighted by Crippen LogP contribution is -2.38. The Balaban J connectivity index is 2.15. The van der Waals surface area contributed by atoms with Gasteiger partial charge in [0, 0.05) is 20.6 Å². The van der Waals surface area contributed by atoms with Crippen molar-refractivity contribution < 1.29 is 5.11 Å². The summed E-state index contributed by atoms with van der Waals surface area (Å²) in [4.78, 5) is 45.1. The van der Waals surface area contributed by atoms with E-state index in [2.05, 4.69) is 4.98 Å². The third-order valence-corrected chi connectivity index (χ3v) is 5.46. The molecular weight excluding hydrogens is 400 g/mol. The third-order valence-electron chi connectivity index (χ3n) is 5.46. The van der Waals surface area contributed by atoms with E-state index in [0.29, 0.717) is 6.54 Å². The van der Waals surface area contributed by atoms with E-state index in [9.17, 15) is 19.5 Å². The van der Waals surface area contributed by atoms with Crippen LogP contribution in [0.25, 0.3) is 16.9 Å². The molecule has 10 nitrogen and oxygen atoms in total. The van der Waals surface area contributed by atoms with Crippen molar-refractivity contribution in [3.8, 4) is 5.88 Å². The van der Waals surface area contributed by atoms with Crippen molar-refractivity contribution in [1.29, 1.82) is 0 Å². The minimum absolute atomic E-state index is 0.0116. The average Bonchev–Trinajstić information content (AvgIpc) is 3.15. The van der Waals surface area contributed by atoms with E-state index in [1.807, 2.05) is 49.3 Å². The third kappa shape index (κ3) is 3.25. The maximum absolute atomic E-state index is 13.4. The van der Waals surface area contributed by atoms with E-state index in [1.54, 1.807) is 0 Å². The summed E-state index contributed by atoms with van der Waals surface area (Å²) < 4.78 is 4.90. The Morgan fingerprint density at radius 2 is 1.68 bits per heavy atom. The fraction of sp³-hybridized carbons (Fsp3) is 0.333. The van der Waals surface area contributed by atoms with Crippen molar-refractivity contribution in [2.45, 2.75) is 13.0 Å². The van der Waals surface area contributed by atoms with Crippen molar-refractivity contribution in [1.82, 2.24) is 28.0 Å². The van der Waals surface area contributed by atoms with E-state index in [0.717, 1.165) is 10.1 Å². The highest BCUT2D eigenvalue weighted by Gasteiger charge is 2.24. The zero-order valence-electron chi connectivity index (χ0n) is 17.9. The molecule has 3 aromatic heterocycles. The molecule has 0 radical (unpaired) electrons. The zero-order chi connectivity index (χ0) is 22.4. The molecule has 0 aliphatic heterocycles. The summed E-state index contributed by atoms with van der Waals surface area (Å²) in [5, 5.41) is 11.1. The van der Waals surface area contributed by atoms with Crippen molar-refractivity contribution in [2.24, 2.45) is 14.1 Å². The molecular formula is C21H24N6O4. The van der Waals surface area contributed by atoms with Crippen molar-refractivity contribution in [3.05, 3.63) is 72.7 Å². The number of nitrogens with zero attached hydrogens (tertiary/aromatic N) is 6. The van der Waals surface area contributed by atoms with Gasteiger partial charge in [-0.2, -0.15) is 4.98 Å². The van der Waals surface area contributed by atoms with Crippen LogP contribution in [-0.2, 0) is 27.1 Å². The summed E-state index contributed by atoms with van der Waals surface area (Å²) in [7, 11) is 6.60. The number of rotatable bonds is 5. The molecule has 0 saturated carbocycles. The molecule has 31 heavy (non-hydrogen) atoms. The smallest absolute Gasteiger partial charge is 0.332 e. The molecule has 0 unspecified atom stereocenters. The maximum atomic E-state index is 13.4. The summed E-state index contributed by atoms with van der Waals surface area (Å²) in [5.41, 5.74) is -0.494. The SMILES string of the molecule is CN(C)CCc1c(O)n(Cc2ccccc2)c2nc3c(c(=O)n(C)c(=O)n3C)n2c1=O. The number of hydrogen-bond acceptors (Lipinski definition) is 6. The molecule has 0 bridgehead atoms. The molecule has 4 rings (SSSR count). The number of fused-ring (bicyclic) bond motifs is 3. The molecule has 0 aliphatic rings. The summed E-state index contributed by atoms with van der Waals surface area (Å²) >= 11 is 0. The molecule has 0 fully saturated rings. The lowest BCUT2D eigenvalue weighted by atomic mass is 10.2. The first-order chi connectivity index (χ1) is 14.7. The van der Waals surface area contributed by atoms with Gasteiger partial charge in [0.15, 0.2) is 11.2 Å². The van der Waals surface area contributed by atoms with Gasteiger partial charge in [0.1, 0.15) is 0 Å². The van der Waals surface area contributed by atoms with Crippen LogP contribution in [0.2, 0.25) is 0 Å². The van der Waals surface area contributed by atoms with Gasteiger partial charge in [-0.05, 0) is 26.1 Å². The number of hydrogen-bond donors (Lipinski definition) is 1. The molecule has 10 heteroatoms. The van der Waals surface area contributed by atoms with Crippen LogP contribution < -0.4 is 16.8 Å². The standard InChI is InChI=1S/C21H24N6O4/c1-23(2)11-10-14-17(28)26(12-13-8-6-5-7-9-13)20-22-16-15(27(20)18(14)29)19(30)25(4)21(31)24(16)3/h5-9,28H,10-12H2,1-4H3. The van der Waals surface area contributed by atoms with Crippen LogP contribution in [0, 0.1) is 0 Å². The van der Waals surface area contributed by atoms with Crippen LogP contribution in [0.4, 0.5) is 0 Å². The van der Waals surface area contributed by atoms with Crippen molar-refractivity contribution in [3.63, 3.8) is 0 Å². The van der Waals surface area contributed by atoms with Crippen LogP contribution in [0.15, 0.2) is 44.7 Å². The fourth-order valence-electron chi connectivity index (χ4n) is 3.71. The molecule has 3 heterocycles. The first kappa shape index (κ1) is 20.6. The summed E-state index contributed by atoms with van der Waals surface area (Å²) in [6, 6.07) is 9.42. The van der Waals surface area contributed by atoms with Gasteiger partial charge in [-0.15, -0.1) is 0 Å². The Morgan fingerprint density at radius 3 is 2.32 bits per heavy atom. The second kappa shape index (κ2) is 7.55. The van der Waals surface area contributed by atoms with Gasteiger partial charge in [0.05, 0.1) is 12.1 Å². The topological polar surface area (TPSA) is 107 Å². The molecule has 162 valence electrons. The highest BCUT2D eigenvalue weighted by molar-refractivity contribution is 5.75. The van der Waals surface area contributed by atoms with Crippen LogP contribution in [0.1, 0.15) is 11.1 Å². The molecule has 0 atom stereocenters. The molecule has 1 aromatic carbocycles. The molecule has 0 amide bonds. The van der Waals surface area contributed by atoms with Crippen LogP contribution in [-0.4, -0.2) is 53.7 Å². The second-order valence-corrected chi connectivity index (χ2v) is 7.86. The minimum atomic E-state index is -0.613. The van der Waals surface area contributed by atoms with E-state index in [1.165, 1.54) is 27.6 Å². The predicted molar refractivity (Wildman–Crippen MR) is 117 cm³/mol. The average molecular weight is 424 g/mol. The largest absolute Gasteiger partial charge is 0.494 e. The van der Waals surface area contributed by atoms with E-state index >= 15 is 0 Å². The van der Waals surface area contributed by atoms with Gasteiger partial charge in [0.2, 0.25) is 11.7 Å². The Bertz CT molecular complexity index is 1470. The van der Waals surface area contributed by atoms with Crippen LogP contribution in [0.5, 0.6) is 5.88 Å². The number of aromatic hydroxyl groups is 1. The van der Waals surface area contributed by atoms with Crippen LogP contribution in [0.3, 0.4) is 0 Å². The molecule has 1 N–H and O–H groups in total. The number of imidazole rings is 1. The number of benzene rings is 1. The normalized spacial score (nSPS) is 11.8. The number of aryl methyl sites for hydroxylation is 1. The molecule has 4 aromatic rings. The first-order valence-electron chi connectivity index (χ1n) is 9.83. The van der Waals surface area contributed by atoms with Gasteiger partial charge in [-0.25, -0.2) is 9.20 Å².